The highest BCUT2D eigenvalue weighted by Crippen LogP contribution is 2.34. The van der Waals surface area contributed by atoms with Crippen LogP contribution in [-0.4, -0.2) is 49.7 Å². The molecule has 3 rings (SSSR count). The molecule has 0 amide bonds. The number of benzene rings is 3. The summed E-state index contributed by atoms with van der Waals surface area (Å²) in [4.78, 5) is 12.5. The maximum atomic E-state index is 13.8. The van der Waals surface area contributed by atoms with Crippen LogP contribution < -0.4 is 0 Å². The highest BCUT2D eigenvalue weighted by molar-refractivity contribution is 7.89. The zero-order valence-corrected chi connectivity index (χ0v) is 19.0. The molecule has 0 N–H and O–H groups in total. The number of hydrogen-bond acceptors (Lipinski definition) is 5. The molecular formula is C24H27N3O4S. The van der Waals surface area contributed by atoms with Crippen molar-refractivity contribution in [2.75, 3.05) is 27.2 Å². The van der Waals surface area contributed by atoms with Crippen LogP contribution in [0.1, 0.15) is 23.6 Å². The minimum Gasteiger partial charge on any atom is -0.309 e. The summed E-state index contributed by atoms with van der Waals surface area (Å²) < 4.78 is 29.1. The maximum Gasteiger partial charge on any atom is 0.269 e. The molecule has 0 spiro atoms. The Hall–Kier alpha value is -3.07. The Kier molecular flexibility index (Phi) is 7.74. The van der Waals surface area contributed by atoms with Crippen molar-refractivity contribution in [2.45, 2.75) is 17.4 Å². The van der Waals surface area contributed by atoms with Crippen molar-refractivity contribution < 1.29 is 13.3 Å². The lowest BCUT2D eigenvalue weighted by Crippen LogP contribution is -2.37. The van der Waals surface area contributed by atoms with Crippen LogP contribution in [0, 0.1) is 10.1 Å². The van der Waals surface area contributed by atoms with E-state index in [1.807, 2.05) is 79.7 Å². The lowest BCUT2D eigenvalue weighted by molar-refractivity contribution is -0.384. The van der Waals surface area contributed by atoms with Gasteiger partial charge in [-0.2, -0.15) is 4.31 Å². The van der Waals surface area contributed by atoms with E-state index in [-0.39, 0.29) is 10.6 Å². The number of rotatable bonds is 10. The van der Waals surface area contributed by atoms with Crippen molar-refractivity contribution in [3.8, 4) is 0 Å². The number of non-ortho nitro benzene ring substituents is 1. The predicted octanol–water partition coefficient (Wildman–Crippen LogP) is 4.33. The quantitative estimate of drug-likeness (QED) is 0.337. The number of nitro groups is 1. The second kappa shape index (κ2) is 10.5. The van der Waals surface area contributed by atoms with E-state index in [9.17, 15) is 18.5 Å². The van der Waals surface area contributed by atoms with E-state index < -0.39 is 21.0 Å². The fraction of sp³-hybridized carbons (Fsp3) is 0.250. The van der Waals surface area contributed by atoms with Gasteiger partial charge in [-0.1, -0.05) is 60.7 Å². The molecule has 0 aliphatic rings. The summed E-state index contributed by atoms with van der Waals surface area (Å²) in [6.07, 6.45) is 0.634. The number of hydrogen-bond donors (Lipinski definition) is 0. The van der Waals surface area contributed by atoms with Crippen LogP contribution >= 0.6 is 0 Å². The van der Waals surface area contributed by atoms with Crippen molar-refractivity contribution in [1.29, 1.82) is 0 Å². The Morgan fingerprint density at radius 2 is 1.31 bits per heavy atom. The maximum absolute atomic E-state index is 13.8. The smallest absolute Gasteiger partial charge is 0.269 e. The molecule has 0 saturated heterocycles. The van der Waals surface area contributed by atoms with Crippen LogP contribution in [-0.2, 0) is 10.0 Å². The summed E-state index contributed by atoms with van der Waals surface area (Å²) in [5.74, 6) is 0. The molecule has 0 atom stereocenters. The standard InChI is InChI=1S/C24H27N3O4S/c1-25(2)18-9-19-26(32(30,31)23-16-14-22(15-17-23)27(28)29)24(20-10-5-3-6-11-20)21-12-7-4-8-13-21/h3-8,10-17,24H,9,18-19H2,1-2H3. The lowest BCUT2D eigenvalue weighted by atomic mass is 9.98. The zero-order valence-electron chi connectivity index (χ0n) is 18.2. The van der Waals surface area contributed by atoms with E-state index in [1.54, 1.807) is 0 Å². The Bertz CT molecular complexity index is 1080. The number of nitrogens with zero attached hydrogens (tertiary/aromatic N) is 3. The third-order valence-electron chi connectivity index (χ3n) is 5.16. The van der Waals surface area contributed by atoms with Gasteiger partial charge in [0, 0.05) is 18.7 Å². The molecule has 0 aliphatic heterocycles. The van der Waals surface area contributed by atoms with Crippen LogP contribution in [0.3, 0.4) is 0 Å². The van der Waals surface area contributed by atoms with Gasteiger partial charge < -0.3 is 4.90 Å². The molecule has 32 heavy (non-hydrogen) atoms. The minimum absolute atomic E-state index is 0.0322. The molecule has 0 aliphatic carbocycles. The molecule has 3 aromatic rings. The van der Waals surface area contributed by atoms with Gasteiger partial charge in [0.15, 0.2) is 0 Å². The van der Waals surface area contributed by atoms with Crippen LogP contribution in [0.25, 0.3) is 0 Å². The molecule has 3 aromatic carbocycles. The summed E-state index contributed by atoms with van der Waals surface area (Å²) in [5.41, 5.74) is 1.56. The van der Waals surface area contributed by atoms with Crippen molar-refractivity contribution in [2.24, 2.45) is 0 Å². The first-order valence-corrected chi connectivity index (χ1v) is 11.8. The molecule has 0 fully saturated rings. The highest BCUT2D eigenvalue weighted by Gasteiger charge is 2.33. The van der Waals surface area contributed by atoms with Gasteiger partial charge in [0.25, 0.3) is 5.69 Å². The van der Waals surface area contributed by atoms with Crippen molar-refractivity contribution >= 4 is 15.7 Å². The number of nitro benzene ring substituents is 1. The molecule has 0 aromatic heterocycles. The van der Waals surface area contributed by atoms with Crippen LogP contribution in [0.4, 0.5) is 5.69 Å². The second-order valence-corrected chi connectivity index (χ2v) is 9.64. The predicted molar refractivity (Wildman–Crippen MR) is 125 cm³/mol. The van der Waals surface area contributed by atoms with Crippen LogP contribution in [0.15, 0.2) is 89.8 Å². The molecule has 8 heteroatoms. The topological polar surface area (TPSA) is 83.8 Å². The van der Waals surface area contributed by atoms with E-state index >= 15 is 0 Å². The largest absolute Gasteiger partial charge is 0.309 e. The number of sulfonamides is 1. The SMILES string of the molecule is CN(C)CCCN(C(c1ccccc1)c1ccccc1)S(=O)(=O)c1ccc([N+](=O)[O-])cc1. The van der Waals surface area contributed by atoms with E-state index in [0.717, 1.165) is 17.7 Å². The zero-order chi connectivity index (χ0) is 23.1. The molecule has 0 bridgehead atoms. The lowest BCUT2D eigenvalue weighted by Gasteiger charge is -2.32. The summed E-state index contributed by atoms with van der Waals surface area (Å²) >= 11 is 0. The molecule has 7 nitrogen and oxygen atoms in total. The minimum atomic E-state index is -3.94. The van der Waals surface area contributed by atoms with Gasteiger partial charge in [-0.3, -0.25) is 10.1 Å². The van der Waals surface area contributed by atoms with Gasteiger partial charge in [0.05, 0.1) is 15.9 Å². The monoisotopic (exact) mass is 453 g/mol. The van der Waals surface area contributed by atoms with Crippen LogP contribution in [0.2, 0.25) is 0 Å². The van der Waals surface area contributed by atoms with E-state index in [2.05, 4.69) is 0 Å². The van der Waals surface area contributed by atoms with Crippen molar-refractivity contribution in [3.05, 3.63) is 106 Å². The Morgan fingerprint density at radius 3 is 1.75 bits per heavy atom. The summed E-state index contributed by atoms with van der Waals surface area (Å²) in [6, 6.07) is 23.6. The average molecular weight is 454 g/mol. The third-order valence-corrected chi connectivity index (χ3v) is 7.04. The summed E-state index contributed by atoms with van der Waals surface area (Å²) in [7, 11) is -0.0538. The third kappa shape index (κ3) is 5.59. The van der Waals surface area contributed by atoms with Crippen LogP contribution in [0.5, 0.6) is 0 Å². The molecule has 0 heterocycles. The Morgan fingerprint density at radius 1 is 0.812 bits per heavy atom. The molecule has 0 unspecified atom stereocenters. The van der Waals surface area contributed by atoms with Crippen molar-refractivity contribution in [1.82, 2.24) is 9.21 Å². The Balaban J connectivity index is 2.10. The van der Waals surface area contributed by atoms with Gasteiger partial charge in [-0.25, -0.2) is 8.42 Å². The fourth-order valence-corrected chi connectivity index (χ4v) is 5.24. The molecule has 168 valence electrons. The first-order valence-electron chi connectivity index (χ1n) is 10.3. The highest BCUT2D eigenvalue weighted by atomic mass is 32.2. The molecule has 0 radical (unpaired) electrons. The summed E-state index contributed by atoms with van der Waals surface area (Å²) in [5, 5.41) is 11.0. The fourth-order valence-electron chi connectivity index (χ4n) is 3.60. The molecular weight excluding hydrogens is 426 g/mol. The normalized spacial score (nSPS) is 11.9. The van der Waals surface area contributed by atoms with Gasteiger partial charge in [0.2, 0.25) is 10.0 Å². The Labute approximate surface area is 189 Å². The van der Waals surface area contributed by atoms with Crippen molar-refractivity contribution in [3.63, 3.8) is 0 Å². The average Bonchev–Trinajstić information content (AvgIpc) is 2.79. The first-order chi connectivity index (χ1) is 15.3. The van der Waals surface area contributed by atoms with Gasteiger partial charge in [-0.05, 0) is 50.3 Å². The molecule has 0 saturated carbocycles. The summed E-state index contributed by atoms with van der Waals surface area (Å²) in [6.45, 7) is 1.02. The van der Waals surface area contributed by atoms with E-state index in [0.29, 0.717) is 13.0 Å². The second-order valence-electron chi connectivity index (χ2n) is 7.75. The van der Waals surface area contributed by atoms with E-state index in [1.165, 1.54) is 28.6 Å². The first kappa shape index (κ1) is 23.6. The van der Waals surface area contributed by atoms with Gasteiger partial charge in [0.1, 0.15) is 0 Å². The van der Waals surface area contributed by atoms with Gasteiger partial charge >= 0.3 is 0 Å². The van der Waals surface area contributed by atoms with Gasteiger partial charge in [-0.15, -0.1) is 0 Å². The van der Waals surface area contributed by atoms with E-state index in [4.69, 9.17) is 0 Å².